The van der Waals surface area contributed by atoms with Crippen LogP contribution in [-0.4, -0.2) is 45.4 Å². The molecule has 2 aromatic carbocycles. The van der Waals surface area contributed by atoms with Crippen LogP contribution >= 0.6 is 0 Å². The van der Waals surface area contributed by atoms with E-state index >= 15 is 0 Å². The smallest absolute Gasteiger partial charge is 0.253 e. The van der Waals surface area contributed by atoms with Gasteiger partial charge in [-0.25, -0.2) is 13.1 Å². The minimum atomic E-state index is -3.51. The lowest BCUT2D eigenvalue weighted by molar-refractivity contribution is 0.0789. The van der Waals surface area contributed by atoms with Gasteiger partial charge in [-0.2, -0.15) is 0 Å². The first-order chi connectivity index (χ1) is 11.9. The predicted molar refractivity (Wildman–Crippen MR) is 95.7 cm³/mol. The highest BCUT2D eigenvalue weighted by Gasteiger charge is 2.34. The molecule has 0 aromatic heterocycles. The SMILES string of the molecule is CNS(=O)(=O)c1ccc(C(=O)N2C[C@@H](N)[C@H](c3ccccc3)C2)cc1. The minimum Gasteiger partial charge on any atom is -0.336 e. The molecular weight excluding hydrogens is 338 g/mol. The van der Waals surface area contributed by atoms with Crippen molar-refractivity contribution in [2.24, 2.45) is 5.73 Å². The number of rotatable bonds is 4. The van der Waals surface area contributed by atoms with E-state index in [1.807, 2.05) is 30.3 Å². The van der Waals surface area contributed by atoms with E-state index in [-0.39, 0.29) is 22.8 Å². The summed E-state index contributed by atoms with van der Waals surface area (Å²) in [7, 11) is -2.16. The number of benzene rings is 2. The van der Waals surface area contributed by atoms with Crippen LogP contribution in [0.25, 0.3) is 0 Å². The molecule has 7 heteroatoms. The summed E-state index contributed by atoms with van der Waals surface area (Å²) in [6, 6.07) is 15.8. The first kappa shape index (κ1) is 17.6. The maximum atomic E-state index is 12.7. The van der Waals surface area contributed by atoms with Crippen LogP contribution in [0.4, 0.5) is 0 Å². The lowest BCUT2D eigenvalue weighted by Gasteiger charge is -2.17. The molecule has 0 radical (unpaired) electrons. The summed E-state index contributed by atoms with van der Waals surface area (Å²) in [5.41, 5.74) is 7.82. The fourth-order valence-corrected chi connectivity index (χ4v) is 3.85. The van der Waals surface area contributed by atoms with Crippen LogP contribution in [0, 0.1) is 0 Å². The summed E-state index contributed by atoms with van der Waals surface area (Å²) in [6.07, 6.45) is 0. The van der Waals surface area contributed by atoms with E-state index in [1.54, 1.807) is 4.90 Å². The highest BCUT2D eigenvalue weighted by atomic mass is 32.2. The van der Waals surface area contributed by atoms with Crippen molar-refractivity contribution in [3.05, 3.63) is 65.7 Å². The molecule has 2 aromatic rings. The zero-order valence-corrected chi connectivity index (χ0v) is 14.7. The van der Waals surface area contributed by atoms with E-state index in [4.69, 9.17) is 5.73 Å². The molecule has 0 unspecified atom stereocenters. The molecule has 0 bridgehead atoms. The Balaban J connectivity index is 1.76. The second kappa shape index (κ2) is 6.95. The lowest BCUT2D eigenvalue weighted by atomic mass is 9.95. The largest absolute Gasteiger partial charge is 0.336 e. The van der Waals surface area contributed by atoms with Crippen LogP contribution in [0.5, 0.6) is 0 Å². The van der Waals surface area contributed by atoms with E-state index < -0.39 is 10.0 Å². The summed E-state index contributed by atoms with van der Waals surface area (Å²) in [5.74, 6) is -0.0311. The maximum absolute atomic E-state index is 12.7. The molecule has 2 atom stereocenters. The van der Waals surface area contributed by atoms with Gasteiger partial charge in [-0.1, -0.05) is 30.3 Å². The van der Waals surface area contributed by atoms with Gasteiger partial charge in [-0.15, -0.1) is 0 Å². The third-order valence-corrected chi connectivity index (χ3v) is 5.99. The molecule has 1 amide bonds. The number of hydrogen-bond donors (Lipinski definition) is 2. The number of likely N-dealkylation sites (tertiary alicyclic amines) is 1. The molecule has 1 fully saturated rings. The Bertz CT molecular complexity index is 851. The molecule has 0 spiro atoms. The van der Waals surface area contributed by atoms with Gasteiger partial charge in [0.1, 0.15) is 0 Å². The molecular formula is C18H21N3O3S. The van der Waals surface area contributed by atoms with Crippen molar-refractivity contribution >= 4 is 15.9 Å². The average molecular weight is 359 g/mol. The van der Waals surface area contributed by atoms with Crippen molar-refractivity contribution in [1.29, 1.82) is 0 Å². The Kier molecular flexibility index (Phi) is 4.89. The Morgan fingerprint density at radius 1 is 1.08 bits per heavy atom. The number of nitrogens with one attached hydrogen (secondary N) is 1. The van der Waals surface area contributed by atoms with Crippen LogP contribution in [0.15, 0.2) is 59.5 Å². The number of nitrogens with two attached hydrogens (primary N) is 1. The van der Waals surface area contributed by atoms with Gasteiger partial charge in [-0.3, -0.25) is 4.79 Å². The zero-order valence-electron chi connectivity index (χ0n) is 13.9. The maximum Gasteiger partial charge on any atom is 0.253 e. The number of carbonyl (C=O) groups excluding carboxylic acids is 1. The Morgan fingerprint density at radius 3 is 2.32 bits per heavy atom. The van der Waals surface area contributed by atoms with Crippen LogP contribution in [0.3, 0.4) is 0 Å². The molecule has 0 saturated carbocycles. The quantitative estimate of drug-likeness (QED) is 0.857. The molecule has 6 nitrogen and oxygen atoms in total. The van der Waals surface area contributed by atoms with Gasteiger partial charge in [0.2, 0.25) is 10.0 Å². The van der Waals surface area contributed by atoms with Gasteiger partial charge >= 0.3 is 0 Å². The van der Waals surface area contributed by atoms with Gasteiger partial charge < -0.3 is 10.6 Å². The summed E-state index contributed by atoms with van der Waals surface area (Å²) in [5, 5.41) is 0. The van der Waals surface area contributed by atoms with Crippen molar-refractivity contribution in [3.63, 3.8) is 0 Å². The van der Waals surface area contributed by atoms with Crippen molar-refractivity contribution in [1.82, 2.24) is 9.62 Å². The van der Waals surface area contributed by atoms with E-state index in [9.17, 15) is 13.2 Å². The first-order valence-electron chi connectivity index (χ1n) is 8.06. The van der Waals surface area contributed by atoms with Crippen LogP contribution < -0.4 is 10.5 Å². The first-order valence-corrected chi connectivity index (χ1v) is 9.54. The Hall–Kier alpha value is -2.22. The number of amides is 1. The van der Waals surface area contributed by atoms with E-state index in [2.05, 4.69) is 4.72 Å². The zero-order chi connectivity index (χ0) is 18.0. The second-order valence-electron chi connectivity index (χ2n) is 6.12. The molecule has 25 heavy (non-hydrogen) atoms. The van der Waals surface area contributed by atoms with Gasteiger partial charge in [0.25, 0.3) is 5.91 Å². The number of hydrogen-bond acceptors (Lipinski definition) is 4. The molecule has 1 aliphatic heterocycles. The fourth-order valence-electron chi connectivity index (χ4n) is 3.12. The molecule has 3 rings (SSSR count). The Labute approximate surface area is 147 Å². The third kappa shape index (κ3) is 3.58. The Morgan fingerprint density at radius 2 is 1.72 bits per heavy atom. The topological polar surface area (TPSA) is 92.5 Å². The number of sulfonamides is 1. The highest BCUT2D eigenvalue weighted by molar-refractivity contribution is 7.89. The molecule has 1 saturated heterocycles. The van der Waals surface area contributed by atoms with Crippen molar-refractivity contribution in [3.8, 4) is 0 Å². The summed E-state index contributed by atoms with van der Waals surface area (Å²) >= 11 is 0. The highest BCUT2D eigenvalue weighted by Crippen LogP contribution is 2.27. The van der Waals surface area contributed by atoms with Crippen molar-refractivity contribution < 1.29 is 13.2 Å². The molecule has 1 aliphatic rings. The van der Waals surface area contributed by atoms with Crippen LogP contribution in [-0.2, 0) is 10.0 Å². The molecule has 3 N–H and O–H groups in total. The predicted octanol–water partition coefficient (Wildman–Crippen LogP) is 1.16. The van der Waals surface area contributed by atoms with Crippen LogP contribution in [0.2, 0.25) is 0 Å². The number of nitrogens with zero attached hydrogens (tertiary/aromatic N) is 1. The van der Waals surface area contributed by atoms with Crippen molar-refractivity contribution in [2.75, 3.05) is 20.1 Å². The standard InChI is InChI=1S/C18H21N3O3S/c1-20-25(23,24)15-9-7-14(8-10-15)18(22)21-11-16(17(19)12-21)13-5-3-2-4-6-13/h2-10,16-17,20H,11-12,19H2,1H3/t16-,17+/m0/s1. The molecule has 0 aliphatic carbocycles. The van der Waals surface area contributed by atoms with Gasteiger partial charge in [-0.05, 0) is 36.9 Å². The van der Waals surface area contributed by atoms with E-state index in [0.29, 0.717) is 18.7 Å². The van der Waals surface area contributed by atoms with E-state index in [1.165, 1.54) is 31.3 Å². The summed E-state index contributed by atoms with van der Waals surface area (Å²) < 4.78 is 25.8. The lowest BCUT2D eigenvalue weighted by Crippen LogP contribution is -2.32. The minimum absolute atomic E-state index is 0.106. The van der Waals surface area contributed by atoms with Gasteiger partial charge in [0, 0.05) is 30.6 Å². The number of carbonyl (C=O) groups is 1. The van der Waals surface area contributed by atoms with Crippen molar-refractivity contribution in [2.45, 2.75) is 16.9 Å². The molecule has 1 heterocycles. The fraction of sp³-hybridized carbons (Fsp3) is 0.278. The monoisotopic (exact) mass is 359 g/mol. The summed E-state index contributed by atoms with van der Waals surface area (Å²) in [4.78, 5) is 14.6. The van der Waals surface area contributed by atoms with Crippen LogP contribution in [0.1, 0.15) is 21.8 Å². The normalized spacial score (nSPS) is 20.6. The average Bonchev–Trinajstić information content (AvgIpc) is 3.03. The van der Waals surface area contributed by atoms with Gasteiger partial charge in [0.15, 0.2) is 0 Å². The summed E-state index contributed by atoms with van der Waals surface area (Å²) in [6.45, 7) is 1.04. The van der Waals surface area contributed by atoms with Gasteiger partial charge in [0.05, 0.1) is 4.90 Å². The second-order valence-corrected chi connectivity index (χ2v) is 8.01. The van der Waals surface area contributed by atoms with E-state index in [0.717, 1.165) is 5.56 Å². The molecule has 132 valence electrons. The third-order valence-electron chi connectivity index (χ3n) is 4.56.